The van der Waals surface area contributed by atoms with Crippen LogP contribution >= 0.6 is 0 Å². The molecule has 1 unspecified atom stereocenters. The van der Waals surface area contributed by atoms with Gasteiger partial charge in [0.25, 0.3) is 0 Å². The van der Waals surface area contributed by atoms with Gasteiger partial charge < -0.3 is 11.5 Å². The smallest absolute Gasteiger partial charge is 0.0163 e. The van der Waals surface area contributed by atoms with Gasteiger partial charge in [-0.2, -0.15) is 0 Å². The van der Waals surface area contributed by atoms with Gasteiger partial charge in [-0.1, -0.05) is 58.8 Å². The Hall–Kier alpha value is -0.0800. The maximum Gasteiger partial charge on any atom is 0.0163 e. The van der Waals surface area contributed by atoms with Crippen molar-refractivity contribution in [3.8, 4) is 0 Å². The van der Waals surface area contributed by atoms with Crippen LogP contribution < -0.4 is 11.5 Å². The predicted octanol–water partition coefficient (Wildman–Crippen LogP) is 3.05. The number of unbranched alkanes of at least 4 members (excludes halogenated alkanes) is 5. The minimum Gasteiger partial charge on any atom is -0.329 e. The van der Waals surface area contributed by atoms with E-state index in [0.717, 1.165) is 12.3 Å². The van der Waals surface area contributed by atoms with Crippen LogP contribution in [-0.4, -0.2) is 12.6 Å². The minimum atomic E-state index is 0.228. The summed E-state index contributed by atoms with van der Waals surface area (Å²) in [6.45, 7) is 5.23. The largest absolute Gasteiger partial charge is 0.329 e. The van der Waals surface area contributed by atoms with Crippen LogP contribution in [0.15, 0.2) is 0 Å². The zero-order valence-electron chi connectivity index (χ0n) is 10.7. The van der Waals surface area contributed by atoms with E-state index in [-0.39, 0.29) is 6.04 Å². The summed E-state index contributed by atoms with van der Waals surface area (Å²) < 4.78 is 0. The number of hydrogen-bond acceptors (Lipinski definition) is 2. The van der Waals surface area contributed by atoms with Crippen LogP contribution in [0.5, 0.6) is 0 Å². The van der Waals surface area contributed by atoms with Crippen LogP contribution in [-0.2, 0) is 0 Å². The maximum absolute atomic E-state index is 5.74. The summed E-state index contributed by atoms with van der Waals surface area (Å²) >= 11 is 0. The summed E-state index contributed by atoms with van der Waals surface area (Å²) in [4.78, 5) is 0. The second-order valence-electron chi connectivity index (χ2n) is 5.09. The Kier molecular flexibility index (Phi) is 10.4. The van der Waals surface area contributed by atoms with Crippen molar-refractivity contribution in [2.45, 2.75) is 71.3 Å². The Morgan fingerprint density at radius 1 is 0.800 bits per heavy atom. The molecule has 2 heteroatoms. The van der Waals surface area contributed by atoms with Gasteiger partial charge in [0, 0.05) is 12.6 Å². The van der Waals surface area contributed by atoms with Crippen molar-refractivity contribution in [3.05, 3.63) is 0 Å². The first-order valence-electron chi connectivity index (χ1n) is 6.62. The molecule has 0 aliphatic rings. The van der Waals surface area contributed by atoms with E-state index >= 15 is 0 Å². The molecule has 92 valence electrons. The van der Waals surface area contributed by atoms with Crippen LogP contribution in [0, 0.1) is 5.92 Å². The first-order valence-corrected chi connectivity index (χ1v) is 6.62. The minimum absolute atomic E-state index is 0.228. The lowest BCUT2D eigenvalue weighted by Crippen LogP contribution is -2.29. The fourth-order valence-electron chi connectivity index (χ4n) is 1.78. The zero-order valence-corrected chi connectivity index (χ0v) is 10.7. The molecule has 0 aliphatic heterocycles. The summed E-state index contributed by atoms with van der Waals surface area (Å²) in [5, 5.41) is 0. The molecule has 0 spiro atoms. The first-order chi connectivity index (χ1) is 7.16. The average molecular weight is 214 g/mol. The molecule has 0 aromatic heterocycles. The zero-order chi connectivity index (χ0) is 11.5. The van der Waals surface area contributed by atoms with Gasteiger partial charge in [-0.15, -0.1) is 0 Å². The van der Waals surface area contributed by atoms with E-state index in [1.807, 2.05) is 0 Å². The third-order valence-corrected chi connectivity index (χ3v) is 2.91. The van der Waals surface area contributed by atoms with Crippen molar-refractivity contribution in [1.82, 2.24) is 0 Å². The summed E-state index contributed by atoms with van der Waals surface area (Å²) in [6.07, 6.45) is 10.6. The molecule has 4 N–H and O–H groups in total. The van der Waals surface area contributed by atoms with Crippen LogP contribution in [0.3, 0.4) is 0 Å². The Labute approximate surface area is 95.8 Å². The van der Waals surface area contributed by atoms with Gasteiger partial charge in [-0.25, -0.2) is 0 Å². The highest BCUT2D eigenvalue weighted by atomic mass is 14.7. The Balaban J connectivity index is 2.99. The second kappa shape index (κ2) is 10.4. The molecule has 0 aromatic carbocycles. The average Bonchev–Trinajstić information content (AvgIpc) is 2.21. The van der Waals surface area contributed by atoms with Crippen molar-refractivity contribution in [2.75, 3.05) is 6.54 Å². The van der Waals surface area contributed by atoms with E-state index in [1.165, 1.54) is 44.9 Å². The van der Waals surface area contributed by atoms with Gasteiger partial charge >= 0.3 is 0 Å². The lowest BCUT2D eigenvalue weighted by atomic mass is 10.0. The van der Waals surface area contributed by atoms with Crippen LogP contribution in [0.25, 0.3) is 0 Å². The van der Waals surface area contributed by atoms with E-state index in [4.69, 9.17) is 11.5 Å². The summed E-state index contributed by atoms with van der Waals surface area (Å²) in [5.41, 5.74) is 11.2. The third-order valence-electron chi connectivity index (χ3n) is 2.91. The molecule has 0 rings (SSSR count). The highest BCUT2D eigenvalue weighted by molar-refractivity contribution is 4.61. The van der Waals surface area contributed by atoms with E-state index < -0.39 is 0 Å². The van der Waals surface area contributed by atoms with Gasteiger partial charge in [0.05, 0.1) is 0 Å². The predicted molar refractivity (Wildman–Crippen MR) is 68.8 cm³/mol. The topological polar surface area (TPSA) is 52.0 Å². The Morgan fingerprint density at radius 3 is 1.73 bits per heavy atom. The Morgan fingerprint density at radius 2 is 1.27 bits per heavy atom. The molecular formula is C13H30N2. The molecule has 0 fully saturated rings. The molecule has 0 radical (unpaired) electrons. The van der Waals surface area contributed by atoms with Crippen LogP contribution in [0.4, 0.5) is 0 Å². The van der Waals surface area contributed by atoms with E-state index in [9.17, 15) is 0 Å². The SMILES string of the molecule is CC(C)CCCCCCCCC(N)CN. The number of nitrogens with two attached hydrogens (primary N) is 2. The normalized spacial score (nSPS) is 13.4. The van der Waals surface area contributed by atoms with E-state index in [0.29, 0.717) is 6.54 Å². The summed E-state index contributed by atoms with van der Waals surface area (Å²) in [7, 11) is 0. The van der Waals surface area contributed by atoms with Gasteiger partial charge in [-0.3, -0.25) is 0 Å². The molecule has 0 heterocycles. The monoisotopic (exact) mass is 214 g/mol. The first kappa shape index (κ1) is 14.9. The van der Waals surface area contributed by atoms with Crippen molar-refractivity contribution < 1.29 is 0 Å². The molecular weight excluding hydrogens is 184 g/mol. The third kappa shape index (κ3) is 11.8. The maximum atomic E-state index is 5.74. The summed E-state index contributed by atoms with van der Waals surface area (Å²) in [5.74, 6) is 0.868. The number of rotatable bonds is 10. The lowest BCUT2D eigenvalue weighted by molar-refractivity contribution is 0.500. The molecule has 15 heavy (non-hydrogen) atoms. The van der Waals surface area contributed by atoms with Crippen LogP contribution in [0.1, 0.15) is 65.2 Å². The van der Waals surface area contributed by atoms with Crippen molar-refractivity contribution in [1.29, 1.82) is 0 Å². The van der Waals surface area contributed by atoms with Gasteiger partial charge in [0.2, 0.25) is 0 Å². The molecule has 0 aromatic rings. The quantitative estimate of drug-likeness (QED) is 0.549. The van der Waals surface area contributed by atoms with Gasteiger partial charge in [0.1, 0.15) is 0 Å². The molecule has 0 bridgehead atoms. The van der Waals surface area contributed by atoms with Crippen molar-refractivity contribution >= 4 is 0 Å². The summed E-state index contributed by atoms with van der Waals surface area (Å²) in [6, 6.07) is 0.228. The molecule has 0 aliphatic carbocycles. The second-order valence-corrected chi connectivity index (χ2v) is 5.09. The molecule has 2 nitrogen and oxygen atoms in total. The van der Waals surface area contributed by atoms with Gasteiger partial charge in [-0.05, 0) is 12.3 Å². The fraction of sp³-hybridized carbons (Fsp3) is 1.00. The fourth-order valence-corrected chi connectivity index (χ4v) is 1.78. The molecule has 0 amide bonds. The number of hydrogen-bond donors (Lipinski definition) is 2. The van der Waals surface area contributed by atoms with Gasteiger partial charge in [0.15, 0.2) is 0 Å². The van der Waals surface area contributed by atoms with Crippen LogP contribution in [0.2, 0.25) is 0 Å². The highest BCUT2D eigenvalue weighted by Crippen LogP contribution is 2.12. The van der Waals surface area contributed by atoms with E-state index in [2.05, 4.69) is 13.8 Å². The highest BCUT2D eigenvalue weighted by Gasteiger charge is 1.98. The van der Waals surface area contributed by atoms with Crippen molar-refractivity contribution in [3.63, 3.8) is 0 Å². The molecule has 0 saturated heterocycles. The molecule has 0 saturated carbocycles. The Bertz CT molecular complexity index is 124. The van der Waals surface area contributed by atoms with Crippen molar-refractivity contribution in [2.24, 2.45) is 17.4 Å². The van der Waals surface area contributed by atoms with E-state index in [1.54, 1.807) is 0 Å². The lowest BCUT2D eigenvalue weighted by Gasteiger charge is -2.08. The molecule has 1 atom stereocenters. The standard InChI is InChI=1S/C13H30N2/c1-12(2)9-7-5-3-4-6-8-10-13(15)11-14/h12-13H,3-11,14-15H2,1-2H3.